The zero-order chi connectivity index (χ0) is 21.6. The van der Waals surface area contributed by atoms with E-state index in [-0.39, 0.29) is 13.2 Å². The van der Waals surface area contributed by atoms with E-state index in [9.17, 15) is 5.11 Å². The van der Waals surface area contributed by atoms with Gasteiger partial charge in [-0.25, -0.2) is 9.97 Å². The lowest BCUT2D eigenvalue weighted by Gasteiger charge is -2.18. The second kappa shape index (κ2) is 9.76. The second-order valence-electron chi connectivity index (χ2n) is 7.95. The monoisotopic (exact) mass is 410 g/mol. The molecule has 0 saturated heterocycles. The number of rotatable bonds is 10. The summed E-state index contributed by atoms with van der Waals surface area (Å²) in [5, 5.41) is 10.8. The van der Waals surface area contributed by atoms with Gasteiger partial charge in [-0.1, -0.05) is 25.5 Å². The maximum atomic E-state index is 9.83. The van der Waals surface area contributed by atoms with Gasteiger partial charge in [0, 0.05) is 23.2 Å². The highest BCUT2D eigenvalue weighted by atomic mass is 16.5. The maximum Gasteiger partial charge on any atom is 0.217 e. The number of pyridine rings is 2. The summed E-state index contributed by atoms with van der Waals surface area (Å²) in [6.45, 7) is 8.67. The van der Waals surface area contributed by atoms with Gasteiger partial charge in [0.05, 0.1) is 23.4 Å². The molecule has 0 saturated carbocycles. The van der Waals surface area contributed by atoms with Crippen LogP contribution in [0.2, 0.25) is 0 Å². The summed E-state index contributed by atoms with van der Waals surface area (Å²) in [7, 11) is 0. The lowest BCUT2D eigenvalue weighted by Crippen LogP contribution is -2.27. The summed E-state index contributed by atoms with van der Waals surface area (Å²) in [4.78, 5) is 9.02. The normalized spacial score (nSPS) is 11.5. The fourth-order valence-electron chi connectivity index (χ4n) is 2.93. The van der Waals surface area contributed by atoms with Crippen molar-refractivity contribution in [1.29, 1.82) is 0 Å². The number of benzene rings is 1. The Morgan fingerprint density at radius 1 is 1.07 bits per heavy atom. The van der Waals surface area contributed by atoms with E-state index in [4.69, 9.17) is 19.2 Å². The summed E-state index contributed by atoms with van der Waals surface area (Å²) in [5.74, 6) is 1.89. The first-order chi connectivity index (χ1) is 14.4. The first kappa shape index (κ1) is 21.8. The molecule has 2 heterocycles. The topological polar surface area (TPSA) is 73.7 Å². The highest BCUT2D eigenvalue weighted by Crippen LogP contribution is 2.31. The molecule has 6 nitrogen and oxygen atoms in total. The van der Waals surface area contributed by atoms with E-state index in [2.05, 4.69) is 11.9 Å². The van der Waals surface area contributed by atoms with E-state index in [1.54, 1.807) is 32.2 Å². The molecule has 0 fully saturated rings. The highest BCUT2D eigenvalue weighted by Gasteiger charge is 2.15. The fourth-order valence-corrected chi connectivity index (χ4v) is 2.93. The number of ether oxygens (including phenoxy) is 3. The van der Waals surface area contributed by atoms with Crippen LogP contribution >= 0.6 is 0 Å². The Morgan fingerprint density at radius 3 is 2.63 bits per heavy atom. The van der Waals surface area contributed by atoms with Crippen molar-refractivity contribution >= 4 is 10.9 Å². The minimum Gasteiger partial charge on any atom is -0.493 e. The SMILES string of the molecule is CCCCOc1c(C)c(COc2cc(OCC(C)(C)O)ccn2)nc2ccccc12. The van der Waals surface area contributed by atoms with E-state index in [1.807, 2.05) is 31.2 Å². The molecule has 3 rings (SSSR count). The predicted octanol–water partition coefficient (Wildman–Crippen LogP) is 4.85. The van der Waals surface area contributed by atoms with Crippen LogP contribution in [0.3, 0.4) is 0 Å². The van der Waals surface area contributed by atoms with Gasteiger partial charge in [-0.15, -0.1) is 0 Å². The Bertz CT molecular complexity index is 983. The number of hydrogen-bond donors (Lipinski definition) is 1. The van der Waals surface area contributed by atoms with Gasteiger partial charge in [-0.05, 0) is 45.4 Å². The van der Waals surface area contributed by atoms with Crippen molar-refractivity contribution in [3.05, 3.63) is 53.9 Å². The summed E-state index contributed by atoms with van der Waals surface area (Å²) in [6, 6.07) is 11.4. The van der Waals surface area contributed by atoms with Crippen molar-refractivity contribution in [3.8, 4) is 17.4 Å². The Hall–Kier alpha value is -2.86. The van der Waals surface area contributed by atoms with Crippen LogP contribution in [-0.4, -0.2) is 33.9 Å². The van der Waals surface area contributed by atoms with E-state index in [0.29, 0.717) is 18.2 Å². The maximum absolute atomic E-state index is 9.83. The molecular formula is C24H30N2O4. The Balaban J connectivity index is 1.78. The first-order valence-corrected chi connectivity index (χ1v) is 10.3. The number of aliphatic hydroxyl groups is 1. The van der Waals surface area contributed by atoms with Crippen LogP contribution in [0.5, 0.6) is 17.4 Å². The summed E-state index contributed by atoms with van der Waals surface area (Å²) >= 11 is 0. The molecule has 2 aromatic heterocycles. The van der Waals surface area contributed by atoms with E-state index < -0.39 is 5.60 Å². The average molecular weight is 411 g/mol. The first-order valence-electron chi connectivity index (χ1n) is 10.3. The lowest BCUT2D eigenvalue weighted by atomic mass is 10.1. The van der Waals surface area contributed by atoms with Gasteiger partial charge < -0.3 is 19.3 Å². The molecule has 0 spiro atoms. The van der Waals surface area contributed by atoms with E-state index >= 15 is 0 Å². The number of aromatic nitrogens is 2. The van der Waals surface area contributed by atoms with Gasteiger partial charge >= 0.3 is 0 Å². The van der Waals surface area contributed by atoms with E-state index in [1.165, 1.54) is 0 Å². The molecule has 0 unspecified atom stereocenters. The molecule has 6 heteroatoms. The Kier molecular flexibility index (Phi) is 7.11. The Labute approximate surface area is 177 Å². The molecule has 0 bridgehead atoms. The summed E-state index contributed by atoms with van der Waals surface area (Å²) in [5.41, 5.74) is 1.75. The third-order valence-electron chi connectivity index (χ3n) is 4.58. The lowest BCUT2D eigenvalue weighted by molar-refractivity contribution is 0.0283. The van der Waals surface area contributed by atoms with Crippen LogP contribution in [0.15, 0.2) is 42.6 Å². The van der Waals surface area contributed by atoms with Crippen LogP contribution in [0, 0.1) is 6.92 Å². The molecule has 30 heavy (non-hydrogen) atoms. The number of nitrogens with zero attached hydrogens (tertiary/aromatic N) is 2. The molecule has 160 valence electrons. The van der Waals surface area contributed by atoms with Gasteiger partial charge in [-0.3, -0.25) is 0 Å². The molecular weight excluding hydrogens is 380 g/mol. The van der Waals surface area contributed by atoms with Crippen molar-refractivity contribution in [2.75, 3.05) is 13.2 Å². The third kappa shape index (κ3) is 5.83. The van der Waals surface area contributed by atoms with Crippen molar-refractivity contribution in [2.45, 2.75) is 52.7 Å². The second-order valence-corrected chi connectivity index (χ2v) is 7.95. The standard InChI is InChI=1S/C24H30N2O4/c1-5-6-13-28-23-17(2)21(26-20-10-8-7-9-19(20)23)15-29-22-14-18(11-12-25-22)30-16-24(3,4)27/h7-12,14,27H,5-6,13,15-16H2,1-4H3. The van der Waals surface area contributed by atoms with Gasteiger partial charge in [0.2, 0.25) is 5.88 Å². The fraction of sp³-hybridized carbons (Fsp3) is 0.417. The third-order valence-corrected chi connectivity index (χ3v) is 4.58. The van der Waals surface area contributed by atoms with Gasteiger partial charge in [-0.2, -0.15) is 0 Å². The molecule has 0 amide bonds. The van der Waals surface area contributed by atoms with Crippen molar-refractivity contribution in [2.24, 2.45) is 0 Å². The molecule has 0 radical (unpaired) electrons. The van der Waals surface area contributed by atoms with Gasteiger partial charge in [0.1, 0.15) is 24.7 Å². The zero-order valence-electron chi connectivity index (χ0n) is 18.1. The van der Waals surface area contributed by atoms with Crippen LogP contribution in [-0.2, 0) is 6.61 Å². The molecule has 1 aromatic carbocycles. The Morgan fingerprint density at radius 2 is 1.87 bits per heavy atom. The zero-order valence-corrected chi connectivity index (χ0v) is 18.1. The molecule has 3 aromatic rings. The van der Waals surface area contributed by atoms with Crippen LogP contribution < -0.4 is 14.2 Å². The molecule has 0 atom stereocenters. The largest absolute Gasteiger partial charge is 0.493 e. The number of para-hydroxylation sites is 1. The predicted molar refractivity (Wildman–Crippen MR) is 117 cm³/mol. The highest BCUT2D eigenvalue weighted by molar-refractivity contribution is 5.86. The van der Waals surface area contributed by atoms with Crippen molar-refractivity contribution in [3.63, 3.8) is 0 Å². The smallest absolute Gasteiger partial charge is 0.217 e. The quantitative estimate of drug-likeness (QED) is 0.482. The van der Waals surface area contributed by atoms with Crippen LogP contribution in [0.25, 0.3) is 10.9 Å². The minimum absolute atomic E-state index is 0.181. The van der Waals surface area contributed by atoms with E-state index in [0.717, 1.165) is 40.8 Å². The summed E-state index contributed by atoms with van der Waals surface area (Å²) in [6.07, 6.45) is 3.70. The number of fused-ring (bicyclic) bond motifs is 1. The summed E-state index contributed by atoms with van der Waals surface area (Å²) < 4.78 is 17.6. The molecule has 0 aliphatic heterocycles. The average Bonchev–Trinajstić information content (AvgIpc) is 2.72. The molecule has 0 aliphatic carbocycles. The number of unbranched alkanes of at least 4 members (excludes halogenated alkanes) is 1. The van der Waals surface area contributed by atoms with Crippen LogP contribution in [0.1, 0.15) is 44.9 Å². The minimum atomic E-state index is -0.912. The van der Waals surface area contributed by atoms with Gasteiger partial charge in [0.15, 0.2) is 0 Å². The van der Waals surface area contributed by atoms with Crippen molar-refractivity contribution in [1.82, 2.24) is 9.97 Å². The molecule has 0 aliphatic rings. The van der Waals surface area contributed by atoms with Gasteiger partial charge in [0.25, 0.3) is 0 Å². The van der Waals surface area contributed by atoms with Crippen molar-refractivity contribution < 1.29 is 19.3 Å². The number of hydrogen-bond acceptors (Lipinski definition) is 6. The molecule has 1 N–H and O–H groups in total. The van der Waals surface area contributed by atoms with Crippen LogP contribution in [0.4, 0.5) is 0 Å².